The van der Waals surface area contributed by atoms with Gasteiger partial charge in [0.15, 0.2) is 0 Å². The van der Waals surface area contributed by atoms with E-state index in [-0.39, 0.29) is 6.42 Å². The maximum atomic E-state index is 10.3. The summed E-state index contributed by atoms with van der Waals surface area (Å²) < 4.78 is 0. The van der Waals surface area contributed by atoms with Crippen LogP contribution in [-0.2, 0) is 9.63 Å². The van der Waals surface area contributed by atoms with Gasteiger partial charge in [0.1, 0.15) is 0 Å². The maximum absolute atomic E-state index is 10.3. The predicted octanol–water partition coefficient (Wildman–Crippen LogP) is -1.32. The molecule has 54 valence electrons. The lowest BCUT2D eigenvalue weighted by atomic mass is 10.3. The van der Waals surface area contributed by atoms with E-state index < -0.39 is 12.1 Å². The van der Waals surface area contributed by atoms with E-state index in [1.165, 1.54) is 6.92 Å². The Kier molecular flexibility index (Phi) is 3.94. The fourth-order valence-electron chi connectivity index (χ4n) is 0.349. The van der Waals surface area contributed by atoms with Crippen LogP contribution in [0.3, 0.4) is 0 Å². The lowest BCUT2D eigenvalue weighted by Crippen LogP contribution is -2.27. The van der Waals surface area contributed by atoms with Gasteiger partial charge >= 0.3 is 5.97 Å². The summed E-state index contributed by atoms with van der Waals surface area (Å²) in [5.41, 5.74) is 1.71. The highest BCUT2D eigenvalue weighted by atomic mass is 16.7. The van der Waals surface area contributed by atoms with Crippen molar-refractivity contribution < 1.29 is 14.7 Å². The Labute approximate surface area is 52.7 Å². The van der Waals surface area contributed by atoms with Crippen LogP contribution >= 0.6 is 0 Å². The molecule has 9 heavy (non-hydrogen) atoms. The molecule has 0 aromatic heterocycles. The average Bonchev–Trinajstić information content (AvgIpc) is 1.63. The van der Waals surface area contributed by atoms with Gasteiger partial charge in [-0.3, -0.25) is 4.79 Å². The van der Waals surface area contributed by atoms with Crippen LogP contribution in [0, 0.1) is 0 Å². The van der Waals surface area contributed by atoms with Gasteiger partial charge in [0, 0.05) is 0 Å². The van der Waals surface area contributed by atoms with Crippen molar-refractivity contribution in [3.8, 4) is 0 Å². The normalized spacial score (nSPS) is 12.8. The number of nitrogens with one attached hydrogen (secondary N) is 1. The number of carbonyl (C=O) groups excluding carboxylic acids is 1. The number of hydrazine groups is 1. The van der Waals surface area contributed by atoms with Crippen LogP contribution in [0.2, 0.25) is 0 Å². The minimum atomic E-state index is -0.689. The standard InChI is InChI=1S/C4H10N2O3/c1-3(7)2-4(8)9-6-5/h3,6-7H,2,5H2,1H3. The summed E-state index contributed by atoms with van der Waals surface area (Å²) in [6.45, 7) is 1.48. The van der Waals surface area contributed by atoms with Crippen LogP contribution in [0.15, 0.2) is 0 Å². The Hall–Kier alpha value is -0.650. The Bertz CT molecular complexity index is 93.8. The minimum Gasteiger partial charge on any atom is -0.393 e. The molecule has 0 aromatic rings. The molecule has 0 rings (SSSR count). The van der Waals surface area contributed by atoms with Gasteiger partial charge in [-0.1, -0.05) is 5.59 Å². The van der Waals surface area contributed by atoms with Crippen LogP contribution in [0.25, 0.3) is 0 Å². The van der Waals surface area contributed by atoms with Crippen molar-refractivity contribution in [2.24, 2.45) is 5.84 Å². The Morgan fingerprint density at radius 1 is 2.00 bits per heavy atom. The monoisotopic (exact) mass is 134 g/mol. The molecule has 0 amide bonds. The second-order valence-corrected chi connectivity index (χ2v) is 1.65. The van der Waals surface area contributed by atoms with Crippen molar-refractivity contribution in [2.45, 2.75) is 19.4 Å². The minimum absolute atomic E-state index is 0.0514. The molecule has 1 unspecified atom stereocenters. The van der Waals surface area contributed by atoms with E-state index in [1.54, 1.807) is 5.59 Å². The second kappa shape index (κ2) is 4.25. The van der Waals surface area contributed by atoms with Gasteiger partial charge in [0.2, 0.25) is 0 Å². The van der Waals surface area contributed by atoms with Gasteiger partial charge < -0.3 is 9.94 Å². The zero-order valence-corrected chi connectivity index (χ0v) is 5.13. The highest BCUT2D eigenvalue weighted by Gasteiger charge is 2.05. The summed E-state index contributed by atoms with van der Waals surface area (Å²) in [5.74, 6) is 4.05. The largest absolute Gasteiger partial charge is 0.393 e. The van der Waals surface area contributed by atoms with Crippen LogP contribution in [0.4, 0.5) is 0 Å². The third kappa shape index (κ3) is 5.22. The number of aliphatic hydroxyl groups is 1. The molecule has 0 aliphatic rings. The van der Waals surface area contributed by atoms with Crippen molar-refractivity contribution in [1.29, 1.82) is 0 Å². The number of rotatable bonds is 3. The van der Waals surface area contributed by atoms with Crippen molar-refractivity contribution >= 4 is 5.97 Å². The molecule has 0 heterocycles. The van der Waals surface area contributed by atoms with Gasteiger partial charge in [0.05, 0.1) is 12.5 Å². The van der Waals surface area contributed by atoms with Crippen molar-refractivity contribution in [3.63, 3.8) is 0 Å². The molecule has 0 aliphatic heterocycles. The topological polar surface area (TPSA) is 84.6 Å². The summed E-state index contributed by atoms with van der Waals surface area (Å²) in [6.07, 6.45) is -0.740. The van der Waals surface area contributed by atoms with E-state index in [0.717, 1.165) is 0 Å². The fourth-order valence-corrected chi connectivity index (χ4v) is 0.349. The highest BCUT2D eigenvalue weighted by Crippen LogP contribution is 1.89. The third-order valence-corrected chi connectivity index (χ3v) is 0.635. The van der Waals surface area contributed by atoms with Gasteiger partial charge in [-0.25, -0.2) is 5.84 Å². The van der Waals surface area contributed by atoms with Gasteiger partial charge in [0.25, 0.3) is 0 Å². The summed E-state index contributed by atoms with van der Waals surface area (Å²) in [7, 11) is 0. The van der Waals surface area contributed by atoms with Crippen molar-refractivity contribution in [3.05, 3.63) is 0 Å². The van der Waals surface area contributed by atoms with Crippen LogP contribution in [0.1, 0.15) is 13.3 Å². The van der Waals surface area contributed by atoms with Gasteiger partial charge in [-0.2, -0.15) is 0 Å². The van der Waals surface area contributed by atoms with Crippen molar-refractivity contribution in [1.82, 2.24) is 5.59 Å². The highest BCUT2D eigenvalue weighted by molar-refractivity contribution is 5.69. The second-order valence-electron chi connectivity index (χ2n) is 1.65. The molecule has 0 aromatic carbocycles. The summed E-state index contributed by atoms with van der Waals surface area (Å²) >= 11 is 0. The number of aliphatic hydroxyl groups excluding tert-OH is 1. The van der Waals surface area contributed by atoms with E-state index in [2.05, 4.69) is 10.7 Å². The molecule has 0 aliphatic carbocycles. The van der Waals surface area contributed by atoms with Crippen molar-refractivity contribution in [2.75, 3.05) is 0 Å². The zero-order valence-electron chi connectivity index (χ0n) is 5.13. The van der Waals surface area contributed by atoms with E-state index in [4.69, 9.17) is 5.11 Å². The van der Waals surface area contributed by atoms with E-state index >= 15 is 0 Å². The molecule has 0 saturated heterocycles. The molecule has 0 spiro atoms. The molecule has 4 N–H and O–H groups in total. The molecular weight excluding hydrogens is 124 g/mol. The first-order valence-corrected chi connectivity index (χ1v) is 2.50. The first-order chi connectivity index (χ1) is 4.16. The number of nitrogens with two attached hydrogens (primary N) is 1. The summed E-state index contributed by atoms with van der Waals surface area (Å²) in [4.78, 5) is 14.4. The molecule has 5 heteroatoms. The average molecular weight is 134 g/mol. The van der Waals surface area contributed by atoms with Gasteiger partial charge in [-0.05, 0) is 6.92 Å². The van der Waals surface area contributed by atoms with E-state index in [9.17, 15) is 4.79 Å². The molecule has 1 atom stereocenters. The summed E-state index contributed by atoms with van der Waals surface area (Å²) in [6, 6.07) is 0. The molecular formula is C4H10N2O3. The first kappa shape index (κ1) is 8.35. The van der Waals surface area contributed by atoms with Crippen LogP contribution < -0.4 is 11.4 Å². The molecule has 0 saturated carbocycles. The van der Waals surface area contributed by atoms with E-state index in [1.807, 2.05) is 0 Å². The Balaban J connectivity index is 3.27. The van der Waals surface area contributed by atoms with Crippen LogP contribution in [0.5, 0.6) is 0 Å². The van der Waals surface area contributed by atoms with E-state index in [0.29, 0.717) is 0 Å². The molecule has 0 radical (unpaired) electrons. The Morgan fingerprint density at radius 3 is 2.89 bits per heavy atom. The lowest BCUT2D eigenvalue weighted by molar-refractivity contribution is -0.153. The predicted molar refractivity (Wildman–Crippen MR) is 29.7 cm³/mol. The number of hydrogen-bond donors (Lipinski definition) is 3. The smallest absolute Gasteiger partial charge is 0.329 e. The Morgan fingerprint density at radius 2 is 2.56 bits per heavy atom. The zero-order chi connectivity index (χ0) is 7.28. The third-order valence-electron chi connectivity index (χ3n) is 0.635. The lowest BCUT2D eigenvalue weighted by Gasteiger charge is -2.01. The number of carbonyl (C=O) groups is 1. The van der Waals surface area contributed by atoms with Crippen LogP contribution in [-0.4, -0.2) is 17.2 Å². The molecule has 5 nitrogen and oxygen atoms in total. The first-order valence-electron chi connectivity index (χ1n) is 2.50. The maximum Gasteiger partial charge on any atom is 0.329 e. The quantitative estimate of drug-likeness (QED) is 0.329. The van der Waals surface area contributed by atoms with Gasteiger partial charge in [-0.15, -0.1) is 0 Å². The number of hydrogen-bond acceptors (Lipinski definition) is 5. The fraction of sp³-hybridized carbons (Fsp3) is 0.750. The molecule has 0 fully saturated rings. The molecule has 0 bridgehead atoms. The SMILES string of the molecule is CC(O)CC(=O)ONN. The summed E-state index contributed by atoms with van der Waals surface area (Å²) in [5, 5.41) is 8.58.